The van der Waals surface area contributed by atoms with Crippen LogP contribution in [0.3, 0.4) is 0 Å². The van der Waals surface area contributed by atoms with Gasteiger partial charge in [-0.05, 0) is 26.3 Å². The minimum atomic E-state index is 0.0431. The van der Waals surface area contributed by atoms with Crippen LogP contribution >= 0.6 is 0 Å². The molecule has 7 heteroatoms. The Morgan fingerprint density at radius 1 is 1.35 bits per heavy atom. The zero-order valence-electron chi connectivity index (χ0n) is 14.5. The van der Waals surface area contributed by atoms with Gasteiger partial charge in [0.1, 0.15) is 5.82 Å². The maximum absolute atomic E-state index is 11.9. The molecule has 0 aliphatic carbocycles. The molecule has 1 amide bonds. The Morgan fingerprint density at radius 3 is 2.78 bits per heavy atom. The van der Waals surface area contributed by atoms with E-state index in [4.69, 9.17) is 0 Å². The molecule has 0 bridgehead atoms. The monoisotopic (exact) mass is 320 g/mol. The van der Waals surface area contributed by atoms with E-state index < -0.39 is 0 Å². The summed E-state index contributed by atoms with van der Waals surface area (Å²) in [5.74, 6) is 2.03. The minimum Gasteiger partial charge on any atom is -0.373 e. The van der Waals surface area contributed by atoms with Crippen molar-refractivity contribution in [3.05, 3.63) is 11.8 Å². The summed E-state index contributed by atoms with van der Waals surface area (Å²) in [6.07, 6.45) is 2.19. The Morgan fingerprint density at radius 2 is 2.13 bits per heavy atom. The summed E-state index contributed by atoms with van der Waals surface area (Å²) in [6, 6.07) is 2.08. The molecule has 0 unspecified atom stereocenters. The van der Waals surface area contributed by atoms with Crippen LogP contribution in [0.4, 0.5) is 11.8 Å². The number of amides is 1. The summed E-state index contributed by atoms with van der Waals surface area (Å²) in [5.41, 5.74) is 0.939. The van der Waals surface area contributed by atoms with E-state index >= 15 is 0 Å². The van der Waals surface area contributed by atoms with Crippen molar-refractivity contribution in [2.45, 2.75) is 32.7 Å². The third-order valence-corrected chi connectivity index (χ3v) is 4.17. The largest absolute Gasteiger partial charge is 0.373 e. The standard InChI is InChI=1S/C16H28N6O/c1-5-6-12-9-22(10-13(12)20-15(23)8-17-3)16-19-11(2)7-14(18-4)21-16/h7,12-13,17H,5-6,8-10H2,1-4H3,(H,20,23)(H,18,19,21)/t12-,13-/m0/s1. The Kier molecular flexibility index (Phi) is 6.15. The second kappa shape index (κ2) is 8.10. The van der Waals surface area contributed by atoms with Gasteiger partial charge in [0, 0.05) is 31.9 Å². The number of hydrogen-bond donors (Lipinski definition) is 3. The Labute approximate surface area is 138 Å². The first-order chi connectivity index (χ1) is 11.1. The maximum atomic E-state index is 11.9. The number of hydrogen-bond acceptors (Lipinski definition) is 6. The van der Waals surface area contributed by atoms with Crippen LogP contribution in [0.25, 0.3) is 0 Å². The van der Waals surface area contributed by atoms with Crippen molar-refractivity contribution < 1.29 is 4.79 Å². The smallest absolute Gasteiger partial charge is 0.234 e. The lowest BCUT2D eigenvalue weighted by molar-refractivity contribution is -0.121. The summed E-state index contributed by atoms with van der Waals surface area (Å²) >= 11 is 0. The number of carbonyl (C=O) groups excluding carboxylic acids is 1. The molecule has 1 aliphatic heterocycles. The molecule has 1 fully saturated rings. The third kappa shape index (κ3) is 4.54. The molecule has 128 valence electrons. The van der Waals surface area contributed by atoms with Crippen LogP contribution in [0.5, 0.6) is 0 Å². The summed E-state index contributed by atoms with van der Waals surface area (Å²) < 4.78 is 0. The summed E-state index contributed by atoms with van der Waals surface area (Å²) in [6.45, 7) is 6.13. The Hall–Kier alpha value is -1.89. The number of rotatable bonds is 7. The van der Waals surface area contributed by atoms with Crippen molar-refractivity contribution in [1.29, 1.82) is 0 Å². The van der Waals surface area contributed by atoms with E-state index in [2.05, 4.69) is 37.7 Å². The maximum Gasteiger partial charge on any atom is 0.234 e. The molecule has 1 aromatic heterocycles. The fourth-order valence-electron chi connectivity index (χ4n) is 3.10. The molecule has 2 rings (SSSR count). The number of nitrogens with one attached hydrogen (secondary N) is 3. The number of aromatic nitrogens is 2. The third-order valence-electron chi connectivity index (χ3n) is 4.17. The quantitative estimate of drug-likeness (QED) is 0.688. The van der Waals surface area contributed by atoms with Crippen molar-refractivity contribution >= 4 is 17.7 Å². The van der Waals surface area contributed by atoms with Crippen molar-refractivity contribution in [2.75, 3.05) is 43.9 Å². The van der Waals surface area contributed by atoms with E-state index in [0.717, 1.165) is 43.4 Å². The summed E-state index contributed by atoms with van der Waals surface area (Å²) in [7, 11) is 3.64. The molecule has 7 nitrogen and oxygen atoms in total. The Bertz CT molecular complexity index is 535. The number of likely N-dealkylation sites (N-methyl/N-ethyl adjacent to an activating group) is 1. The zero-order valence-corrected chi connectivity index (χ0v) is 14.5. The van der Waals surface area contributed by atoms with E-state index in [-0.39, 0.29) is 11.9 Å². The minimum absolute atomic E-state index is 0.0431. The predicted octanol–water partition coefficient (Wildman–Crippen LogP) is 0.767. The molecule has 0 aromatic carbocycles. The molecule has 1 aromatic rings. The number of nitrogens with zero attached hydrogens (tertiary/aromatic N) is 3. The number of anilines is 2. The lowest BCUT2D eigenvalue weighted by Crippen LogP contribution is -2.44. The molecule has 1 saturated heterocycles. The highest BCUT2D eigenvalue weighted by Gasteiger charge is 2.34. The van der Waals surface area contributed by atoms with Gasteiger partial charge in [-0.25, -0.2) is 4.98 Å². The van der Waals surface area contributed by atoms with E-state index in [0.29, 0.717) is 12.5 Å². The van der Waals surface area contributed by atoms with Crippen LogP contribution in [0.15, 0.2) is 6.07 Å². The molecule has 0 saturated carbocycles. The van der Waals surface area contributed by atoms with E-state index in [1.165, 1.54) is 0 Å². The lowest BCUT2D eigenvalue weighted by atomic mass is 9.98. The molecule has 0 spiro atoms. The predicted molar refractivity (Wildman–Crippen MR) is 92.8 cm³/mol. The molecule has 0 radical (unpaired) electrons. The Balaban J connectivity index is 2.12. The SMILES string of the molecule is CCC[C@H]1CN(c2nc(C)cc(NC)n2)C[C@@H]1NC(=O)CNC. The van der Waals surface area contributed by atoms with Gasteiger partial charge < -0.3 is 20.9 Å². The average molecular weight is 320 g/mol. The van der Waals surface area contributed by atoms with Gasteiger partial charge in [0.15, 0.2) is 0 Å². The van der Waals surface area contributed by atoms with Gasteiger partial charge >= 0.3 is 0 Å². The fourth-order valence-corrected chi connectivity index (χ4v) is 3.10. The first-order valence-electron chi connectivity index (χ1n) is 8.29. The van der Waals surface area contributed by atoms with Crippen molar-refractivity contribution in [1.82, 2.24) is 20.6 Å². The molecule has 2 heterocycles. The molecular weight excluding hydrogens is 292 g/mol. The van der Waals surface area contributed by atoms with Gasteiger partial charge in [-0.2, -0.15) is 4.98 Å². The number of carbonyl (C=O) groups is 1. The van der Waals surface area contributed by atoms with Gasteiger partial charge in [-0.3, -0.25) is 4.79 Å². The van der Waals surface area contributed by atoms with Gasteiger partial charge in [-0.15, -0.1) is 0 Å². The fraction of sp³-hybridized carbons (Fsp3) is 0.688. The molecule has 1 aliphatic rings. The highest BCUT2D eigenvalue weighted by molar-refractivity contribution is 5.78. The lowest BCUT2D eigenvalue weighted by Gasteiger charge is -2.19. The van der Waals surface area contributed by atoms with Crippen LogP contribution in [0, 0.1) is 12.8 Å². The van der Waals surface area contributed by atoms with Gasteiger partial charge in [0.25, 0.3) is 0 Å². The van der Waals surface area contributed by atoms with Crippen LogP contribution in [0.2, 0.25) is 0 Å². The first kappa shape index (κ1) is 17.5. The average Bonchev–Trinajstić information content (AvgIpc) is 2.90. The van der Waals surface area contributed by atoms with Crippen molar-refractivity contribution in [3.8, 4) is 0 Å². The topological polar surface area (TPSA) is 82.2 Å². The van der Waals surface area contributed by atoms with Crippen molar-refractivity contribution in [3.63, 3.8) is 0 Å². The second-order valence-electron chi connectivity index (χ2n) is 6.10. The van der Waals surface area contributed by atoms with Crippen LogP contribution in [-0.4, -0.2) is 55.6 Å². The van der Waals surface area contributed by atoms with Crippen LogP contribution in [-0.2, 0) is 4.79 Å². The van der Waals surface area contributed by atoms with Crippen molar-refractivity contribution in [2.24, 2.45) is 5.92 Å². The van der Waals surface area contributed by atoms with Crippen LogP contribution < -0.4 is 20.9 Å². The van der Waals surface area contributed by atoms with Gasteiger partial charge in [0.2, 0.25) is 11.9 Å². The highest BCUT2D eigenvalue weighted by atomic mass is 16.2. The van der Waals surface area contributed by atoms with E-state index in [1.807, 2.05) is 20.0 Å². The van der Waals surface area contributed by atoms with E-state index in [9.17, 15) is 4.79 Å². The molecule has 23 heavy (non-hydrogen) atoms. The summed E-state index contributed by atoms with van der Waals surface area (Å²) in [4.78, 5) is 23.2. The van der Waals surface area contributed by atoms with Gasteiger partial charge in [-0.1, -0.05) is 13.3 Å². The normalized spacial score (nSPS) is 20.6. The zero-order chi connectivity index (χ0) is 16.8. The highest BCUT2D eigenvalue weighted by Crippen LogP contribution is 2.26. The summed E-state index contributed by atoms with van der Waals surface area (Å²) in [5, 5.41) is 9.11. The molecule has 3 N–H and O–H groups in total. The molecular formula is C16H28N6O. The van der Waals surface area contributed by atoms with E-state index in [1.54, 1.807) is 7.05 Å². The van der Waals surface area contributed by atoms with Crippen LogP contribution in [0.1, 0.15) is 25.5 Å². The number of aryl methyl sites for hydroxylation is 1. The second-order valence-corrected chi connectivity index (χ2v) is 6.10. The molecule has 2 atom stereocenters. The first-order valence-corrected chi connectivity index (χ1v) is 8.29. The van der Waals surface area contributed by atoms with Gasteiger partial charge in [0.05, 0.1) is 12.6 Å².